The van der Waals surface area contributed by atoms with Crippen molar-refractivity contribution in [3.8, 4) is 0 Å². The van der Waals surface area contributed by atoms with Gasteiger partial charge in [0.2, 0.25) is 0 Å². The molecule has 3 nitrogen and oxygen atoms in total. The number of hydrogen-bond donors (Lipinski definition) is 1. The fraction of sp³-hybridized carbons (Fsp3) is 0.545. The minimum Gasteiger partial charge on any atom is -0.388 e. The first kappa shape index (κ1) is 15.8. The van der Waals surface area contributed by atoms with Gasteiger partial charge < -0.3 is 9.84 Å². The van der Waals surface area contributed by atoms with Crippen molar-refractivity contribution in [2.45, 2.75) is 25.1 Å². The van der Waals surface area contributed by atoms with Crippen LogP contribution in [0.2, 0.25) is 0 Å². The second kappa shape index (κ2) is 6.76. The molecule has 0 fully saturated rings. The second-order valence-corrected chi connectivity index (χ2v) is 3.73. The molecular formula is C11H12F5NO2. The Hall–Kier alpha value is -1.28. The zero-order valence-electron chi connectivity index (χ0n) is 9.70. The van der Waals surface area contributed by atoms with E-state index >= 15 is 0 Å². The molecule has 1 heterocycles. The maximum Gasteiger partial charge on any atom is 0.416 e. The highest BCUT2D eigenvalue weighted by atomic mass is 19.4. The van der Waals surface area contributed by atoms with Crippen molar-refractivity contribution < 1.29 is 31.8 Å². The lowest BCUT2D eigenvalue weighted by Crippen LogP contribution is -2.14. The molecule has 1 N–H and O–H groups in total. The number of aliphatic hydroxyl groups excluding tert-OH is 1. The van der Waals surface area contributed by atoms with E-state index < -0.39 is 36.4 Å². The standard InChI is InChI=1S/C11H12F5NO2/c12-10(13)6-19-4-2-9(18)7-5-17-3-1-8(7)11(14,15)16/h1,3,5,9-10,18H,2,4,6H2. The Kier molecular flexibility index (Phi) is 5.61. The topological polar surface area (TPSA) is 42.4 Å². The summed E-state index contributed by atoms with van der Waals surface area (Å²) in [6, 6.07) is 0.749. The number of hydrogen-bond acceptors (Lipinski definition) is 3. The number of ether oxygens (including phenoxy) is 1. The first-order valence-corrected chi connectivity index (χ1v) is 5.37. The SMILES string of the molecule is OC(CCOCC(F)F)c1cnccc1C(F)(F)F. The number of aliphatic hydroxyl groups is 1. The zero-order chi connectivity index (χ0) is 14.5. The Morgan fingerprint density at radius 1 is 1.32 bits per heavy atom. The van der Waals surface area contributed by atoms with Gasteiger partial charge in [0, 0.05) is 31.0 Å². The monoisotopic (exact) mass is 285 g/mol. The minimum absolute atomic E-state index is 0.221. The molecule has 0 saturated heterocycles. The Morgan fingerprint density at radius 2 is 2.00 bits per heavy atom. The molecular weight excluding hydrogens is 273 g/mol. The smallest absolute Gasteiger partial charge is 0.388 e. The molecule has 1 rings (SSSR count). The van der Waals surface area contributed by atoms with Gasteiger partial charge in [-0.1, -0.05) is 0 Å². The van der Waals surface area contributed by atoms with E-state index in [-0.39, 0.29) is 13.0 Å². The van der Waals surface area contributed by atoms with Crippen molar-refractivity contribution in [1.29, 1.82) is 0 Å². The van der Waals surface area contributed by atoms with Crippen molar-refractivity contribution in [2.24, 2.45) is 0 Å². The Balaban J connectivity index is 2.64. The molecule has 0 spiro atoms. The zero-order valence-corrected chi connectivity index (χ0v) is 9.70. The largest absolute Gasteiger partial charge is 0.416 e. The Labute approximate surface area is 106 Å². The quantitative estimate of drug-likeness (QED) is 0.645. The average molecular weight is 285 g/mol. The van der Waals surface area contributed by atoms with Gasteiger partial charge in [0.25, 0.3) is 6.43 Å². The first-order chi connectivity index (χ1) is 8.82. The summed E-state index contributed by atoms with van der Waals surface area (Å²) in [5, 5.41) is 9.62. The molecule has 0 amide bonds. The van der Waals surface area contributed by atoms with Crippen molar-refractivity contribution in [1.82, 2.24) is 4.98 Å². The molecule has 1 unspecified atom stereocenters. The number of pyridine rings is 1. The Morgan fingerprint density at radius 3 is 2.58 bits per heavy atom. The van der Waals surface area contributed by atoms with E-state index in [1.807, 2.05) is 0 Å². The van der Waals surface area contributed by atoms with Gasteiger partial charge in [-0.3, -0.25) is 4.98 Å². The van der Waals surface area contributed by atoms with E-state index in [9.17, 15) is 27.1 Å². The highest BCUT2D eigenvalue weighted by Gasteiger charge is 2.34. The molecule has 1 aromatic heterocycles. The van der Waals surface area contributed by atoms with Crippen LogP contribution in [0.4, 0.5) is 22.0 Å². The predicted molar refractivity (Wildman–Crippen MR) is 55.6 cm³/mol. The summed E-state index contributed by atoms with van der Waals surface area (Å²) in [5.74, 6) is 0. The molecule has 0 aliphatic carbocycles. The molecule has 0 bridgehead atoms. The van der Waals surface area contributed by atoms with Gasteiger partial charge in [0.1, 0.15) is 6.61 Å². The molecule has 0 radical (unpaired) electrons. The molecule has 0 saturated carbocycles. The summed E-state index contributed by atoms with van der Waals surface area (Å²) in [5.41, 5.74) is -1.39. The molecule has 8 heteroatoms. The molecule has 1 atom stereocenters. The third-order valence-electron chi connectivity index (χ3n) is 2.30. The molecule has 0 aromatic carbocycles. The van der Waals surface area contributed by atoms with Crippen LogP contribution in [0.1, 0.15) is 23.7 Å². The number of rotatable bonds is 6. The first-order valence-electron chi connectivity index (χ1n) is 5.37. The average Bonchev–Trinajstić information content (AvgIpc) is 2.33. The van der Waals surface area contributed by atoms with Gasteiger partial charge in [-0.2, -0.15) is 13.2 Å². The fourth-order valence-corrected chi connectivity index (χ4v) is 1.45. The van der Waals surface area contributed by atoms with Crippen LogP contribution < -0.4 is 0 Å². The van der Waals surface area contributed by atoms with Crippen LogP contribution >= 0.6 is 0 Å². The molecule has 1 aromatic rings. The molecule has 108 valence electrons. The van der Waals surface area contributed by atoms with E-state index in [1.165, 1.54) is 0 Å². The summed E-state index contributed by atoms with van der Waals surface area (Å²) in [6.07, 6.45) is -7.08. The normalized spacial score (nSPS) is 13.8. The van der Waals surface area contributed by atoms with Crippen LogP contribution in [-0.4, -0.2) is 29.7 Å². The van der Waals surface area contributed by atoms with Crippen molar-refractivity contribution in [3.05, 3.63) is 29.6 Å². The highest BCUT2D eigenvalue weighted by Crippen LogP contribution is 2.34. The van der Waals surface area contributed by atoms with Gasteiger partial charge in [-0.15, -0.1) is 0 Å². The predicted octanol–water partition coefficient (Wildman–Crippen LogP) is 2.81. The van der Waals surface area contributed by atoms with E-state index in [2.05, 4.69) is 9.72 Å². The summed E-state index contributed by atoms with van der Waals surface area (Å²) in [7, 11) is 0. The number of alkyl halides is 5. The number of nitrogens with zero attached hydrogens (tertiary/aromatic N) is 1. The van der Waals surface area contributed by atoms with E-state index in [0.29, 0.717) is 0 Å². The van der Waals surface area contributed by atoms with E-state index in [1.54, 1.807) is 0 Å². The molecule has 0 aliphatic heterocycles. The van der Waals surface area contributed by atoms with Crippen molar-refractivity contribution in [2.75, 3.05) is 13.2 Å². The van der Waals surface area contributed by atoms with Crippen LogP contribution in [0, 0.1) is 0 Å². The van der Waals surface area contributed by atoms with E-state index in [4.69, 9.17) is 0 Å². The third-order valence-corrected chi connectivity index (χ3v) is 2.30. The van der Waals surface area contributed by atoms with Gasteiger partial charge in [0.15, 0.2) is 0 Å². The van der Waals surface area contributed by atoms with Crippen LogP contribution in [0.3, 0.4) is 0 Å². The summed E-state index contributed by atoms with van der Waals surface area (Å²) in [6.45, 7) is -1.08. The Bertz CT molecular complexity index is 397. The molecule has 19 heavy (non-hydrogen) atoms. The van der Waals surface area contributed by atoms with Gasteiger partial charge in [-0.05, 0) is 6.07 Å². The molecule has 0 aliphatic rings. The fourth-order valence-electron chi connectivity index (χ4n) is 1.45. The lowest BCUT2D eigenvalue weighted by atomic mass is 10.0. The summed E-state index contributed by atoms with van der Waals surface area (Å²) < 4.78 is 65.9. The number of aromatic nitrogens is 1. The maximum absolute atomic E-state index is 12.6. The minimum atomic E-state index is -4.61. The van der Waals surface area contributed by atoms with Crippen LogP contribution in [-0.2, 0) is 10.9 Å². The van der Waals surface area contributed by atoms with Crippen LogP contribution in [0.15, 0.2) is 18.5 Å². The summed E-state index contributed by atoms with van der Waals surface area (Å²) >= 11 is 0. The number of halogens is 5. The second-order valence-electron chi connectivity index (χ2n) is 3.73. The van der Waals surface area contributed by atoms with Crippen molar-refractivity contribution >= 4 is 0 Å². The van der Waals surface area contributed by atoms with Gasteiger partial charge in [-0.25, -0.2) is 8.78 Å². The van der Waals surface area contributed by atoms with Gasteiger partial charge >= 0.3 is 6.18 Å². The van der Waals surface area contributed by atoms with Gasteiger partial charge in [0.05, 0.1) is 11.7 Å². The highest BCUT2D eigenvalue weighted by molar-refractivity contribution is 5.28. The van der Waals surface area contributed by atoms with Crippen molar-refractivity contribution in [3.63, 3.8) is 0 Å². The summed E-state index contributed by atoms with van der Waals surface area (Å²) in [4.78, 5) is 3.52. The van der Waals surface area contributed by atoms with Crippen LogP contribution in [0.25, 0.3) is 0 Å². The van der Waals surface area contributed by atoms with Crippen LogP contribution in [0.5, 0.6) is 0 Å². The van der Waals surface area contributed by atoms with E-state index in [0.717, 1.165) is 18.5 Å². The lowest BCUT2D eigenvalue weighted by molar-refractivity contribution is -0.139. The third kappa shape index (κ3) is 5.07. The lowest BCUT2D eigenvalue weighted by Gasteiger charge is -2.16. The maximum atomic E-state index is 12.6.